The van der Waals surface area contributed by atoms with Crippen LogP contribution in [0.5, 0.6) is 5.75 Å². The first-order valence-corrected chi connectivity index (χ1v) is 9.17. The molecule has 0 spiro atoms. The molecule has 1 aliphatic heterocycles. The number of phenols is 1. The fourth-order valence-corrected chi connectivity index (χ4v) is 5.13. The molecule has 3 aliphatic rings. The fourth-order valence-electron chi connectivity index (χ4n) is 5.13. The molecule has 0 amide bonds. The zero-order valence-corrected chi connectivity index (χ0v) is 13.8. The van der Waals surface area contributed by atoms with Crippen molar-refractivity contribution >= 4 is 0 Å². The van der Waals surface area contributed by atoms with Crippen LogP contribution in [0, 0.1) is 17.8 Å². The lowest BCUT2D eigenvalue weighted by Gasteiger charge is -2.53. The molecule has 1 heterocycles. The van der Waals surface area contributed by atoms with Gasteiger partial charge in [-0.1, -0.05) is 25.5 Å². The lowest BCUT2D eigenvalue weighted by atomic mass is 9.57. The van der Waals surface area contributed by atoms with Crippen molar-refractivity contribution < 1.29 is 5.11 Å². The number of hydrogen-bond donors (Lipinski definition) is 1. The van der Waals surface area contributed by atoms with E-state index in [0.717, 1.165) is 17.8 Å². The number of hydrogen-bond acceptors (Lipinski definition) is 2. The van der Waals surface area contributed by atoms with Gasteiger partial charge in [0.25, 0.3) is 0 Å². The Labute approximate surface area is 134 Å². The number of benzene rings is 1. The Hall–Kier alpha value is -1.02. The summed E-state index contributed by atoms with van der Waals surface area (Å²) in [6, 6.07) is 8.15. The van der Waals surface area contributed by atoms with E-state index in [1.54, 1.807) is 0 Å². The van der Waals surface area contributed by atoms with Crippen molar-refractivity contribution in [2.45, 2.75) is 50.9 Å². The van der Waals surface area contributed by atoms with Gasteiger partial charge in [-0.15, -0.1) is 0 Å². The van der Waals surface area contributed by atoms with E-state index >= 15 is 0 Å². The molecule has 1 saturated heterocycles. The normalized spacial score (nSPS) is 36.0. The van der Waals surface area contributed by atoms with E-state index < -0.39 is 0 Å². The summed E-state index contributed by atoms with van der Waals surface area (Å²) in [5.41, 5.74) is 1.71. The van der Waals surface area contributed by atoms with Crippen LogP contribution in [0.15, 0.2) is 24.3 Å². The summed E-state index contributed by atoms with van der Waals surface area (Å²) >= 11 is 0. The van der Waals surface area contributed by atoms with Crippen molar-refractivity contribution in [1.29, 1.82) is 0 Å². The minimum absolute atomic E-state index is 0.316. The topological polar surface area (TPSA) is 23.5 Å². The van der Waals surface area contributed by atoms with Gasteiger partial charge >= 0.3 is 0 Å². The van der Waals surface area contributed by atoms with Crippen LogP contribution in [0.3, 0.4) is 0 Å². The molecule has 2 saturated carbocycles. The van der Waals surface area contributed by atoms with Crippen LogP contribution in [0.2, 0.25) is 0 Å². The molecule has 0 radical (unpaired) electrons. The predicted molar refractivity (Wildman–Crippen MR) is 90.1 cm³/mol. The van der Waals surface area contributed by atoms with Gasteiger partial charge in [0.05, 0.1) is 0 Å². The number of fused-ring (bicyclic) bond motifs is 1. The van der Waals surface area contributed by atoms with E-state index in [1.807, 2.05) is 18.2 Å². The highest BCUT2D eigenvalue weighted by Gasteiger charge is 2.47. The van der Waals surface area contributed by atoms with Gasteiger partial charge in [-0.05, 0) is 74.1 Å². The van der Waals surface area contributed by atoms with Crippen LogP contribution in [0.25, 0.3) is 0 Å². The third-order valence-electron chi connectivity index (χ3n) is 6.49. The van der Waals surface area contributed by atoms with Crippen molar-refractivity contribution in [2.24, 2.45) is 17.8 Å². The summed E-state index contributed by atoms with van der Waals surface area (Å²) < 4.78 is 0. The lowest BCUT2D eigenvalue weighted by Crippen LogP contribution is -2.52. The van der Waals surface area contributed by atoms with Crippen molar-refractivity contribution in [3.63, 3.8) is 0 Å². The van der Waals surface area contributed by atoms with E-state index in [0.29, 0.717) is 11.2 Å². The second-order valence-electron chi connectivity index (χ2n) is 8.24. The van der Waals surface area contributed by atoms with Crippen LogP contribution >= 0.6 is 0 Å². The molecule has 3 atom stereocenters. The van der Waals surface area contributed by atoms with Crippen LogP contribution in [-0.4, -0.2) is 29.6 Å². The molecule has 2 nitrogen and oxygen atoms in total. The molecule has 1 N–H and O–H groups in total. The first-order valence-electron chi connectivity index (χ1n) is 9.17. The third-order valence-corrected chi connectivity index (χ3v) is 6.49. The number of aromatic hydroxyl groups is 1. The molecule has 22 heavy (non-hydrogen) atoms. The number of piperidine rings is 1. The highest BCUT2D eigenvalue weighted by atomic mass is 16.3. The first-order chi connectivity index (χ1) is 10.7. The Morgan fingerprint density at radius 3 is 2.86 bits per heavy atom. The molecule has 2 aliphatic carbocycles. The Kier molecular flexibility index (Phi) is 3.68. The van der Waals surface area contributed by atoms with Crippen LogP contribution in [0.1, 0.15) is 51.0 Å². The monoisotopic (exact) mass is 299 g/mol. The number of rotatable bonds is 3. The number of likely N-dealkylation sites (tertiary alicyclic amines) is 1. The van der Waals surface area contributed by atoms with Crippen molar-refractivity contribution in [3.05, 3.63) is 29.8 Å². The highest BCUT2D eigenvalue weighted by Crippen LogP contribution is 2.51. The maximum Gasteiger partial charge on any atom is 0.115 e. The van der Waals surface area contributed by atoms with Gasteiger partial charge in [0, 0.05) is 18.5 Å². The Balaban J connectivity index is 1.61. The predicted octanol–water partition coefficient (Wildman–Crippen LogP) is 4.18. The third kappa shape index (κ3) is 2.67. The number of nitrogens with zero attached hydrogens (tertiary/aromatic N) is 1. The van der Waals surface area contributed by atoms with E-state index in [-0.39, 0.29) is 0 Å². The average molecular weight is 299 g/mol. The summed E-state index contributed by atoms with van der Waals surface area (Å²) in [6.45, 7) is 6.27. The fraction of sp³-hybridized carbons (Fsp3) is 0.700. The molecule has 3 fully saturated rings. The van der Waals surface area contributed by atoms with Gasteiger partial charge in [0.2, 0.25) is 0 Å². The Bertz CT molecular complexity index is 538. The minimum atomic E-state index is 0.316. The van der Waals surface area contributed by atoms with Gasteiger partial charge in [-0.3, -0.25) is 0 Å². The van der Waals surface area contributed by atoms with Crippen molar-refractivity contribution in [2.75, 3.05) is 19.6 Å². The van der Waals surface area contributed by atoms with Crippen LogP contribution in [-0.2, 0) is 5.41 Å². The van der Waals surface area contributed by atoms with E-state index in [9.17, 15) is 5.11 Å². The maximum atomic E-state index is 9.97. The molecule has 1 aromatic carbocycles. The lowest BCUT2D eigenvalue weighted by molar-refractivity contribution is 0.0364. The number of phenolic OH excluding ortho intramolecular Hbond substituents is 1. The molecular formula is C20H29NO. The molecule has 0 bridgehead atoms. The summed E-state index contributed by atoms with van der Waals surface area (Å²) in [4.78, 5) is 2.74. The summed E-state index contributed by atoms with van der Waals surface area (Å²) in [5.74, 6) is 3.02. The second-order valence-corrected chi connectivity index (χ2v) is 8.24. The van der Waals surface area contributed by atoms with Crippen LogP contribution < -0.4 is 0 Å². The SMILES string of the molecule is CC1CCC2CN(CC3CC3)CCC2(c2cccc(O)c2)C1. The van der Waals surface area contributed by atoms with Crippen molar-refractivity contribution in [1.82, 2.24) is 4.90 Å². The van der Waals surface area contributed by atoms with Gasteiger partial charge in [0.15, 0.2) is 0 Å². The summed E-state index contributed by atoms with van der Waals surface area (Å²) in [5, 5.41) is 9.97. The standard InChI is InChI=1S/C20H29NO/c1-15-5-8-18-14-21(13-16-6-7-16)10-9-20(18,12-15)17-3-2-4-19(22)11-17/h2-4,11,15-16,18,22H,5-10,12-14H2,1H3. The van der Waals surface area contributed by atoms with Gasteiger partial charge in [0.1, 0.15) is 5.75 Å². The molecule has 4 rings (SSSR count). The quantitative estimate of drug-likeness (QED) is 0.905. The van der Waals surface area contributed by atoms with Gasteiger partial charge < -0.3 is 10.0 Å². The van der Waals surface area contributed by atoms with Gasteiger partial charge in [-0.25, -0.2) is 0 Å². The second kappa shape index (κ2) is 5.56. The molecule has 0 aromatic heterocycles. The van der Waals surface area contributed by atoms with Crippen molar-refractivity contribution in [3.8, 4) is 5.75 Å². The average Bonchev–Trinajstić information content (AvgIpc) is 3.31. The molecular weight excluding hydrogens is 270 g/mol. The maximum absolute atomic E-state index is 9.97. The van der Waals surface area contributed by atoms with Crippen LogP contribution in [0.4, 0.5) is 0 Å². The molecule has 2 heteroatoms. The largest absolute Gasteiger partial charge is 0.508 e. The summed E-state index contributed by atoms with van der Waals surface area (Å²) in [6.07, 6.45) is 8.23. The molecule has 1 aromatic rings. The Morgan fingerprint density at radius 1 is 1.23 bits per heavy atom. The highest BCUT2D eigenvalue weighted by molar-refractivity contribution is 5.35. The van der Waals surface area contributed by atoms with E-state index in [2.05, 4.69) is 17.9 Å². The zero-order chi connectivity index (χ0) is 15.2. The minimum Gasteiger partial charge on any atom is -0.508 e. The van der Waals surface area contributed by atoms with Gasteiger partial charge in [-0.2, -0.15) is 0 Å². The van der Waals surface area contributed by atoms with E-state index in [1.165, 1.54) is 63.7 Å². The molecule has 3 unspecified atom stereocenters. The first kappa shape index (κ1) is 14.6. The smallest absolute Gasteiger partial charge is 0.115 e. The van der Waals surface area contributed by atoms with E-state index in [4.69, 9.17) is 0 Å². The zero-order valence-electron chi connectivity index (χ0n) is 13.8. The Morgan fingerprint density at radius 2 is 2.09 bits per heavy atom. The molecule has 120 valence electrons. The summed E-state index contributed by atoms with van der Waals surface area (Å²) in [7, 11) is 0.